The lowest BCUT2D eigenvalue weighted by Crippen LogP contribution is -2.32. The maximum atomic E-state index is 13.0. The molecule has 0 aliphatic heterocycles. The number of carbonyl (C=O) groups is 2. The molecule has 0 heterocycles. The van der Waals surface area contributed by atoms with Crippen molar-refractivity contribution in [2.75, 3.05) is 11.9 Å². The van der Waals surface area contributed by atoms with Crippen LogP contribution in [0.2, 0.25) is 5.02 Å². The van der Waals surface area contributed by atoms with E-state index in [4.69, 9.17) is 11.6 Å². The Morgan fingerprint density at radius 3 is 2.46 bits per heavy atom. The molecule has 4 nitrogen and oxygen atoms in total. The molecule has 24 heavy (non-hydrogen) atoms. The van der Waals surface area contributed by atoms with Crippen LogP contribution in [0.3, 0.4) is 0 Å². The van der Waals surface area contributed by atoms with Gasteiger partial charge in [-0.3, -0.25) is 9.59 Å². The largest absolute Gasteiger partial charge is 0.347 e. The molecule has 6 heteroatoms. The molecule has 0 aromatic heterocycles. The number of hydrogen-bond acceptors (Lipinski definition) is 2. The third-order valence-corrected chi connectivity index (χ3v) is 3.70. The topological polar surface area (TPSA) is 58.2 Å². The summed E-state index contributed by atoms with van der Waals surface area (Å²) in [5.41, 5.74) is 2.61. The predicted octanol–water partition coefficient (Wildman–Crippen LogP) is 3.48. The summed E-state index contributed by atoms with van der Waals surface area (Å²) in [6.07, 6.45) is 0.917. The number of benzene rings is 2. The molecule has 0 bridgehead atoms. The van der Waals surface area contributed by atoms with Crippen LogP contribution in [0.1, 0.15) is 17.5 Å². The van der Waals surface area contributed by atoms with Gasteiger partial charge in [-0.2, -0.15) is 0 Å². The molecule has 2 aromatic rings. The highest BCUT2D eigenvalue weighted by Gasteiger charge is 2.08. The van der Waals surface area contributed by atoms with Crippen LogP contribution >= 0.6 is 11.6 Å². The lowest BCUT2D eigenvalue weighted by atomic mass is 10.1. The second-order valence-electron chi connectivity index (χ2n) is 5.44. The monoisotopic (exact) mass is 348 g/mol. The molecule has 2 rings (SSSR count). The van der Waals surface area contributed by atoms with E-state index in [1.807, 2.05) is 31.2 Å². The Balaban J connectivity index is 1.73. The molecule has 0 aliphatic rings. The average molecular weight is 349 g/mol. The minimum Gasteiger partial charge on any atom is -0.347 e. The van der Waals surface area contributed by atoms with Crippen molar-refractivity contribution in [3.8, 4) is 0 Å². The van der Waals surface area contributed by atoms with E-state index in [0.717, 1.165) is 11.6 Å². The van der Waals surface area contributed by atoms with E-state index >= 15 is 0 Å². The fourth-order valence-electron chi connectivity index (χ4n) is 2.06. The number of halogens is 2. The first-order valence-electron chi connectivity index (χ1n) is 7.51. The lowest BCUT2D eigenvalue weighted by molar-refractivity contribution is -0.124. The molecule has 2 N–H and O–H groups in total. The van der Waals surface area contributed by atoms with Gasteiger partial charge in [0.1, 0.15) is 5.82 Å². The van der Waals surface area contributed by atoms with Gasteiger partial charge in [0.05, 0.1) is 11.6 Å². The molecule has 0 spiro atoms. The zero-order valence-corrected chi connectivity index (χ0v) is 14.0. The van der Waals surface area contributed by atoms with E-state index < -0.39 is 11.7 Å². The van der Waals surface area contributed by atoms with Gasteiger partial charge in [0.15, 0.2) is 0 Å². The van der Waals surface area contributed by atoms with Crippen LogP contribution < -0.4 is 10.6 Å². The van der Waals surface area contributed by atoms with Gasteiger partial charge in [-0.05, 0) is 37.1 Å². The first kappa shape index (κ1) is 17.9. The second kappa shape index (κ2) is 8.45. The van der Waals surface area contributed by atoms with Gasteiger partial charge in [0.25, 0.3) is 0 Å². The molecule has 2 amide bonds. The summed E-state index contributed by atoms with van der Waals surface area (Å²) >= 11 is 5.64. The van der Waals surface area contributed by atoms with Crippen molar-refractivity contribution in [2.24, 2.45) is 0 Å². The van der Waals surface area contributed by atoms with Gasteiger partial charge in [0, 0.05) is 12.1 Å². The van der Waals surface area contributed by atoms with Crippen molar-refractivity contribution in [3.63, 3.8) is 0 Å². The van der Waals surface area contributed by atoms with Crippen LogP contribution in [-0.4, -0.2) is 18.4 Å². The summed E-state index contributed by atoms with van der Waals surface area (Å²) in [4.78, 5) is 23.5. The Labute approximate surface area is 145 Å². The number of rotatable bonds is 6. The summed E-state index contributed by atoms with van der Waals surface area (Å²) in [7, 11) is 0. The molecule has 0 saturated carbocycles. The standard InChI is InChI=1S/C18H18ClFN2O2/c1-12-2-4-13(5-3-12)6-9-17(23)21-11-18(24)22-14-7-8-16(20)15(19)10-14/h2-5,7-8,10H,6,9,11H2,1H3,(H,21,23)(H,22,24). The number of aryl methyl sites for hydroxylation is 2. The number of anilines is 1. The Kier molecular flexibility index (Phi) is 6.32. The first-order chi connectivity index (χ1) is 11.4. The fourth-order valence-corrected chi connectivity index (χ4v) is 2.24. The van der Waals surface area contributed by atoms with Gasteiger partial charge in [-0.25, -0.2) is 4.39 Å². The van der Waals surface area contributed by atoms with Crippen LogP contribution in [0.5, 0.6) is 0 Å². The minimum atomic E-state index is -0.556. The van der Waals surface area contributed by atoms with Crippen molar-refractivity contribution in [2.45, 2.75) is 19.8 Å². The lowest BCUT2D eigenvalue weighted by Gasteiger charge is -2.08. The molecular formula is C18H18ClFN2O2. The number of hydrogen-bond donors (Lipinski definition) is 2. The van der Waals surface area contributed by atoms with Crippen molar-refractivity contribution in [1.29, 1.82) is 0 Å². The van der Waals surface area contributed by atoms with E-state index in [9.17, 15) is 14.0 Å². The van der Waals surface area contributed by atoms with Crippen LogP contribution in [-0.2, 0) is 16.0 Å². The molecular weight excluding hydrogens is 331 g/mol. The summed E-state index contributed by atoms with van der Waals surface area (Å²) in [5.74, 6) is -1.16. The summed E-state index contributed by atoms with van der Waals surface area (Å²) in [6.45, 7) is 1.85. The first-order valence-corrected chi connectivity index (χ1v) is 7.89. The number of carbonyl (C=O) groups excluding carboxylic acids is 2. The van der Waals surface area contributed by atoms with Gasteiger partial charge in [0.2, 0.25) is 11.8 Å². The second-order valence-corrected chi connectivity index (χ2v) is 5.85. The Morgan fingerprint density at radius 2 is 1.79 bits per heavy atom. The van der Waals surface area contributed by atoms with Gasteiger partial charge < -0.3 is 10.6 Å². The predicted molar refractivity (Wildman–Crippen MR) is 92.5 cm³/mol. The Bertz CT molecular complexity index is 732. The highest BCUT2D eigenvalue weighted by Crippen LogP contribution is 2.19. The smallest absolute Gasteiger partial charge is 0.243 e. The maximum absolute atomic E-state index is 13.0. The van der Waals surface area contributed by atoms with Crippen molar-refractivity contribution < 1.29 is 14.0 Å². The third-order valence-electron chi connectivity index (χ3n) is 3.41. The van der Waals surface area contributed by atoms with Crippen molar-refractivity contribution in [3.05, 3.63) is 64.4 Å². The maximum Gasteiger partial charge on any atom is 0.243 e. The van der Waals surface area contributed by atoms with Crippen molar-refractivity contribution in [1.82, 2.24) is 5.32 Å². The van der Waals surface area contributed by atoms with Crippen LogP contribution in [0.25, 0.3) is 0 Å². The summed E-state index contributed by atoms with van der Waals surface area (Å²) in [5, 5.41) is 5.02. The van der Waals surface area contributed by atoms with Crippen LogP contribution in [0.4, 0.5) is 10.1 Å². The third kappa shape index (κ3) is 5.66. The number of nitrogens with one attached hydrogen (secondary N) is 2. The molecule has 0 atom stereocenters. The van der Waals surface area contributed by atoms with Gasteiger partial charge in [-0.1, -0.05) is 41.4 Å². The summed E-state index contributed by atoms with van der Waals surface area (Å²) in [6, 6.07) is 11.8. The molecule has 0 aliphatic carbocycles. The molecule has 0 fully saturated rings. The molecule has 0 saturated heterocycles. The molecule has 126 valence electrons. The molecule has 0 unspecified atom stereocenters. The van der Waals surface area contributed by atoms with E-state index in [-0.39, 0.29) is 17.5 Å². The normalized spacial score (nSPS) is 10.3. The van der Waals surface area contributed by atoms with Crippen LogP contribution in [0.15, 0.2) is 42.5 Å². The van der Waals surface area contributed by atoms with Crippen molar-refractivity contribution >= 4 is 29.1 Å². The zero-order chi connectivity index (χ0) is 17.5. The zero-order valence-electron chi connectivity index (χ0n) is 13.2. The van der Waals surface area contributed by atoms with Gasteiger partial charge in [-0.15, -0.1) is 0 Å². The minimum absolute atomic E-state index is 0.0741. The summed E-state index contributed by atoms with van der Waals surface area (Å²) < 4.78 is 13.0. The average Bonchev–Trinajstić information content (AvgIpc) is 2.56. The SMILES string of the molecule is Cc1ccc(CCC(=O)NCC(=O)Nc2ccc(F)c(Cl)c2)cc1. The fraction of sp³-hybridized carbons (Fsp3) is 0.222. The van der Waals surface area contributed by atoms with E-state index in [2.05, 4.69) is 10.6 Å². The molecule has 0 radical (unpaired) electrons. The molecule has 2 aromatic carbocycles. The number of amides is 2. The Morgan fingerprint density at radius 1 is 1.08 bits per heavy atom. The van der Waals surface area contributed by atoms with E-state index in [0.29, 0.717) is 18.5 Å². The van der Waals surface area contributed by atoms with Gasteiger partial charge >= 0.3 is 0 Å². The van der Waals surface area contributed by atoms with Crippen LogP contribution in [0, 0.1) is 12.7 Å². The van der Waals surface area contributed by atoms with E-state index in [1.54, 1.807) is 0 Å². The Hall–Kier alpha value is -2.40. The highest BCUT2D eigenvalue weighted by atomic mass is 35.5. The quantitative estimate of drug-likeness (QED) is 0.839. The van der Waals surface area contributed by atoms with E-state index in [1.165, 1.54) is 17.7 Å². The highest BCUT2D eigenvalue weighted by molar-refractivity contribution is 6.31.